The predicted molar refractivity (Wildman–Crippen MR) is 77.0 cm³/mol. The van der Waals surface area contributed by atoms with Crippen molar-refractivity contribution in [3.05, 3.63) is 41.6 Å². The van der Waals surface area contributed by atoms with Crippen molar-refractivity contribution in [1.29, 1.82) is 0 Å². The molecule has 2 heterocycles. The van der Waals surface area contributed by atoms with Crippen molar-refractivity contribution in [1.82, 2.24) is 4.98 Å². The van der Waals surface area contributed by atoms with Gasteiger partial charge in [-0.1, -0.05) is 12.1 Å². The molecule has 2 N–H and O–H groups in total. The van der Waals surface area contributed by atoms with Crippen molar-refractivity contribution in [2.45, 2.75) is 38.3 Å². The topological polar surface area (TPSA) is 48.1 Å². The normalized spacial score (nSPS) is 24.8. The summed E-state index contributed by atoms with van der Waals surface area (Å²) in [6.45, 7) is 4.94. The number of pyridine rings is 1. The lowest BCUT2D eigenvalue weighted by atomic mass is 9.88. The summed E-state index contributed by atoms with van der Waals surface area (Å²) < 4.78 is 5.85. The second-order valence-corrected chi connectivity index (χ2v) is 5.65. The third kappa shape index (κ3) is 2.24. The van der Waals surface area contributed by atoms with Crippen LogP contribution in [-0.4, -0.2) is 17.2 Å². The Morgan fingerprint density at radius 3 is 2.89 bits per heavy atom. The number of hydrogen-bond acceptors (Lipinski definition) is 3. The zero-order valence-corrected chi connectivity index (χ0v) is 11.5. The van der Waals surface area contributed by atoms with E-state index in [4.69, 9.17) is 10.5 Å². The Hall–Kier alpha value is -1.45. The van der Waals surface area contributed by atoms with Crippen LogP contribution in [0.1, 0.15) is 37.1 Å². The summed E-state index contributed by atoms with van der Waals surface area (Å²) in [4.78, 5) is 4.52. The Balaban J connectivity index is 1.99. The van der Waals surface area contributed by atoms with Gasteiger partial charge >= 0.3 is 0 Å². The Morgan fingerprint density at radius 1 is 1.32 bits per heavy atom. The van der Waals surface area contributed by atoms with Gasteiger partial charge in [-0.2, -0.15) is 0 Å². The Kier molecular flexibility index (Phi) is 3.03. The van der Waals surface area contributed by atoms with Crippen LogP contribution in [0.5, 0.6) is 0 Å². The number of nitrogens with two attached hydrogens (primary N) is 1. The first-order valence-corrected chi connectivity index (χ1v) is 6.85. The minimum Gasteiger partial charge on any atom is -0.373 e. The molecule has 2 aromatic rings. The van der Waals surface area contributed by atoms with Crippen molar-refractivity contribution >= 4 is 10.9 Å². The fraction of sp³-hybridized carbons (Fsp3) is 0.438. The van der Waals surface area contributed by atoms with Crippen molar-refractivity contribution < 1.29 is 4.74 Å². The number of rotatable bonds is 2. The fourth-order valence-electron chi connectivity index (χ4n) is 2.84. The van der Waals surface area contributed by atoms with Gasteiger partial charge in [0, 0.05) is 17.7 Å². The number of benzene rings is 1. The number of nitrogens with zero attached hydrogens (tertiary/aromatic N) is 1. The highest BCUT2D eigenvalue weighted by Crippen LogP contribution is 2.36. The lowest BCUT2D eigenvalue weighted by molar-refractivity contribution is -0.00170. The number of aromatic nitrogens is 1. The summed E-state index contributed by atoms with van der Waals surface area (Å²) in [6.07, 6.45) is 2.12. The lowest BCUT2D eigenvalue weighted by Gasteiger charge is -2.30. The van der Waals surface area contributed by atoms with Gasteiger partial charge in [0.05, 0.1) is 17.2 Å². The van der Waals surface area contributed by atoms with Crippen molar-refractivity contribution in [3.8, 4) is 0 Å². The van der Waals surface area contributed by atoms with E-state index in [9.17, 15) is 0 Å². The molecule has 2 atom stereocenters. The molecule has 19 heavy (non-hydrogen) atoms. The average molecular weight is 256 g/mol. The summed E-state index contributed by atoms with van der Waals surface area (Å²) >= 11 is 0. The minimum atomic E-state index is -0.230. The third-order valence-electron chi connectivity index (χ3n) is 4.12. The van der Waals surface area contributed by atoms with Crippen LogP contribution in [0.15, 0.2) is 30.3 Å². The monoisotopic (exact) mass is 256 g/mol. The largest absolute Gasteiger partial charge is 0.373 e. The van der Waals surface area contributed by atoms with Crippen LogP contribution in [-0.2, 0) is 4.74 Å². The molecule has 2 unspecified atom stereocenters. The van der Waals surface area contributed by atoms with E-state index in [1.165, 1.54) is 0 Å². The molecule has 3 rings (SSSR count). The van der Waals surface area contributed by atoms with Crippen LogP contribution < -0.4 is 5.73 Å². The summed E-state index contributed by atoms with van der Waals surface area (Å²) in [6, 6.07) is 10.3. The molecule has 1 saturated heterocycles. The van der Waals surface area contributed by atoms with Gasteiger partial charge in [-0.25, -0.2) is 0 Å². The Bertz CT molecular complexity index is 603. The highest BCUT2D eigenvalue weighted by Gasteiger charge is 2.37. The molecule has 0 bridgehead atoms. The fourth-order valence-corrected chi connectivity index (χ4v) is 2.84. The van der Waals surface area contributed by atoms with Gasteiger partial charge in [0.25, 0.3) is 0 Å². The lowest BCUT2D eigenvalue weighted by Crippen LogP contribution is -2.37. The van der Waals surface area contributed by atoms with Gasteiger partial charge in [-0.15, -0.1) is 0 Å². The van der Waals surface area contributed by atoms with Crippen molar-refractivity contribution in [3.63, 3.8) is 0 Å². The number of ether oxygens (including phenoxy) is 1. The smallest absolute Gasteiger partial charge is 0.0847 e. The van der Waals surface area contributed by atoms with Gasteiger partial charge in [0.1, 0.15) is 0 Å². The average Bonchev–Trinajstić information content (AvgIpc) is 2.85. The minimum absolute atomic E-state index is 0.0827. The standard InChI is InChI=1S/C16H20N2O/c1-11-4-5-12-10-13(6-7-14(12)18-11)15(17)16(2)8-3-9-19-16/h4-7,10,15H,3,8-9,17H2,1-2H3. The number of aryl methyl sites for hydroxylation is 1. The molecule has 1 aromatic heterocycles. The summed E-state index contributed by atoms with van der Waals surface area (Å²) in [5, 5.41) is 1.14. The summed E-state index contributed by atoms with van der Waals surface area (Å²) in [7, 11) is 0. The van der Waals surface area contributed by atoms with Crippen LogP contribution in [0, 0.1) is 6.92 Å². The van der Waals surface area contributed by atoms with Gasteiger partial charge in [-0.05, 0) is 50.5 Å². The maximum absolute atomic E-state index is 6.41. The van der Waals surface area contributed by atoms with Gasteiger partial charge in [0.2, 0.25) is 0 Å². The SMILES string of the molecule is Cc1ccc2cc(C(N)C3(C)CCCO3)ccc2n1. The van der Waals surface area contributed by atoms with Crippen LogP contribution in [0.25, 0.3) is 10.9 Å². The molecular weight excluding hydrogens is 236 g/mol. The zero-order valence-electron chi connectivity index (χ0n) is 11.5. The maximum atomic E-state index is 6.41. The summed E-state index contributed by atoms with van der Waals surface area (Å²) in [5.74, 6) is 0. The van der Waals surface area contributed by atoms with E-state index >= 15 is 0 Å². The molecule has 1 aliphatic heterocycles. The molecule has 3 heteroatoms. The number of fused-ring (bicyclic) bond motifs is 1. The molecular formula is C16H20N2O. The zero-order chi connectivity index (χ0) is 13.5. The van der Waals surface area contributed by atoms with E-state index in [1.54, 1.807) is 0 Å². The van der Waals surface area contributed by atoms with E-state index in [-0.39, 0.29) is 11.6 Å². The van der Waals surface area contributed by atoms with Gasteiger partial charge < -0.3 is 10.5 Å². The molecule has 1 aromatic carbocycles. The van der Waals surface area contributed by atoms with E-state index in [0.717, 1.165) is 41.6 Å². The molecule has 0 saturated carbocycles. The first kappa shape index (κ1) is 12.6. The quantitative estimate of drug-likeness (QED) is 0.898. The Labute approximate surface area is 113 Å². The van der Waals surface area contributed by atoms with Gasteiger partial charge in [0.15, 0.2) is 0 Å². The molecule has 0 aliphatic carbocycles. The predicted octanol–water partition coefficient (Wildman–Crippen LogP) is 3.11. The highest BCUT2D eigenvalue weighted by atomic mass is 16.5. The van der Waals surface area contributed by atoms with E-state index < -0.39 is 0 Å². The highest BCUT2D eigenvalue weighted by molar-refractivity contribution is 5.79. The van der Waals surface area contributed by atoms with E-state index in [0.29, 0.717) is 0 Å². The van der Waals surface area contributed by atoms with Crippen LogP contribution >= 0.6 is 0 Å². The molecule has 0 radical (unpaired) electrons. The van der Waals surface area contributed by atoms with Crippen molar-refractivity contribution in [2.24, 2.45) is 5.73 Å². The molecule has 1 fully saturated rings. The molecule has 3 nitrogen and oxygen atoms in total. The van der Waals surface area contributed by atoms with Crippen molar-refractivity contribution in [2.75, 3.05) is 6.61 Å². The first-order valence-electron chi connectivity index (χ1n) is 6.85. The third-order valence-corrected chi connectivity index (χ3v) is 4.12. The summed E-state index contributed by atoms with van der Waals surface area (Å²) in [5.41, 5.74) is 9.37. The molecule has 0 spiro atoms. The van der Waals surface area contributed by atoms with Crippen LogP contribution in [0.3, 0.4) is 0 Å². The second kappa shape index (κ2) is 4.58. The van der Waals surface area contributed by atoms with E-state index in [1.807, 2.05) is 13.0 Å². The molecule has 1 aliphatic rings. The maximum Gasteiger partial charge on any atom is 0.0847 e. The molecule has 100 valence electrons. The van der Waals surface area contributed by atoms with Crippen LogP contribution in [0.2, 0.25) is 0 Å². The van der Waals surface area contributed by atoms with E-state index in [2.05, 4.69) is 36.2 Å². The Morgan fingerprint density at radius 2 is 2.16 bits per heavy atom. The first-order chi connectivity index (χ1) is 9.08. The second-order valence-electron chi connectivity index (χ2n) is 5.65. The number of hydrogen-bond donors (Lipinski definition) is 1. The van der Waals surface area contributed by atoms with Crippen LogP contribution in [0.4, 0.5) is 0 Å². The molecule has 0 amide bonds. The van der Waals surface area contributed by atoms with Gasteiger partial charge in [-0.3, -0.25) is 4.98 Å².